The summed E-state index contributed by atoms with van der Waals surface area (Å²) in [6.45, 7) is 0. The average molecular weight is 257 g/mol. The second-order valence-electron chi connectivity index (χ2n) is 3.66. The SMILES string of the molecule is O=C(NN=Cc1cc(O)ccc1O)c1ccccn1. The second-order valence-corrected chi connectivity index (χ2v) is 3.66. The summed E-state index contributed by atoms with van der Waals surface area (Å²) in [6.07, 6.45) is 2.73. The number of aromatic hydroxyl groups is 2. The molecule has 0 radical (unpaired) electrons. The summed E-state index contributed by atoms with van der Waals surface area (Å²) < 4.78 is 0. The summed E-state index contributed by atoms with van der Waals surface area (Å²) in [4.78, 5) is 15.4. The number of carbonyl (C=O) groups excluding carboxylic acids is 1. The first kappa shape index (κ1) is 12.6. The molecule has 3 N–H and O–H groups in total. The van der Waals surface area contributed by atoms with Crippen LogP contribution in [0.1, 0.15) is 16.1 Å². The van der Waals surface area contributed by atoms with E-state index < -0.39 is 5.91 Å². The van der Waals surface area contributed by atoms with Crippen LogP contribution >= 0.6 is 0 Å². The van der Waals surface area contributed by atoms with Gasteiger partial charge >= 0.3 is 0 Å². The molecule has 1 amide bonds. The zero-order valence-corrected chi connectivity index (χ0v) is 9.82. The number of aromatic nitrogens is 1. The van der Waals surface area contributed by atoms with Gasteiger partial charge in [-0.2, -0.15) is 5.10 Å². The Balaban J connectivity index is 2.04. The van der Waals surface area contributed by atoms with Gasteiger partial charge in [0.25, 0.3) is 5.91 Å². The fourth-order valence-electron chi connectivity index (χ4n) is 1.36. The van der Waals surface area contributed by atoms with Crippen molar-refractivity contribution in [3.63, 3.8) is 0 Å². The Hall–Kier alpha value is -2.89. The Morgan fingerprint density at radius 1 is 1.26 bits per heavy atom. The number of hydrogen-bond donors (Lipinski definition) is 3. The van der Waals surface area contributed by atoms with Gasteiger partial charge in [0.1, 0.15) is 17.2 Å². The molecule has 2 rings (SSSR count). The molecule has 1 aromatic heterocycles. The van der Waals surface area contributed by atoms with Gasteiger partial charge in [0.15, 0.2) is 0 Å². The van der Waals surface area contributed by atoms with E-state index in [-0.39, 0.29) is 17.2 Å². The zero-order chi connectivity index (χ0) is 13.7. The van der Waals surface area contributed by atoms with Gasteiger partial charge in [0.05, 0.1) is 6.21 Å². The molecule has 0 saturated carbocycles. The number of benzene rings is 1. The molecule has 1 aromatic carbocycles. The fourth-order valence-corrected chi connectivity index (χ4v) is 1.36. The maximum absolute atomic E-state index is 11.6. The summed E-state index contributed by atoms with van der Waals surface area (Å²) in [7, 11) is 0. The third kappa shape index (κ3) is 3.29. The summed E-state index contributed by atoms with van der Waals surface area (Å²) in [5.74, 6) is -0.513. The van der Waals surface area contributed by atoms with E-state index >= 15 is 0 Å². The first-order valence-corrected chi connectivity index (χ1v) is 5.43. The number of carbonyl (C=O) groups is 1. The smallest absolute Gasteiger partial charge is 0.289 e. The Bertz CT molecular complexity index is 612. The first-order chi connectivity index (χ1) is 9.16. The van der Waals surface area contributed by atoms with Gasteiger partial charge in [0.2, 0.25) is 0 Å². The molecule has 96 valence electrons. The Kier molecular flexibility index (Phi) is 3.72. The fraction of sp³-hybridized carbons (Fsp3) is 0. The molecule has 0 aliphatic heterocycles. The number of nitrogens with one attached hydrogen (secondary N) is 1. The number of phenols is 2. The predicted octanol–water partition coefficient (Wildman–Crippen LogP) is 1.26. The molecule has 2 aromatic rings. The topological polar surface area (TPSA) is 94.8 Å². The first-order valence-electron chi connectivity index (χ1n) is 5.43. The highest BCUT2D eigenvalue weighted by molar-refractivity contribution is 5.93. The molecule has 19 heavy (non-hydrogen) atoms. The zero-order valence-electron chi connectivity index (χ0n) is 9.82. The summed E-state index contributed by atoms with van der Waals surface area (Å²) in [5.41, 5.74) is 2.80. The summed E-state index contributed by atoms with van der Waals surface area (Å²) in [5, 5.41) is 22.4. The van der Waals surface area contributed by atoms with E-state index in [0.29, 0.717) is 5.56 Å². The van der Waals surface area contributed by atoms with E-state index in [2.05, 4.69) is 15.5 Å². The lowest BCUT2D eigenvalue weighted by molar-refractivity contribution is 0.0950. The Morgan fingerprint density at radius 3 is 2.84 bits per heavy atom. The predicted molar refractivity (Wildman–Crippen MR) is 69.1 cm³/mol. The average Bonchev–Trinajstić information content (AvgIpc) is 2.43. The van der Waals surface area contributed by atoms with E-state index in [4.69, 9.17) is 0 Å². The molecule has 0 aliphatic carbocycles. The van der Waals surface area contributed by atoms with Gasteiger partial charge in [-0.15, -0.1) is 0 Å². The van der Waals surface area contributed by atoms with Crippen LogP contribution in [0.25, 0.3) is 0 Å². The molecule has 6 heteroatoms. The van der Waals surface area contributed by atoms with Gasteiger partial charge in [-0.05, 0) is 30.3 Å². The van der Waals surface area contributed by atoms with Crippen LogP contribution in [0.3, 0.4) is 0 Å². The largest absolute Gasteiger partial charge is 0.508 e. The molecular formula is C13H11N3O3. The third-order valence-corrected chi connectivity index (χ3v) is 2.28. The lowest BCUT2D eigenvalue weighted by atomic mass is 10.2. The van der Waals surface area contributed by atoms with E-state index in [1.807, 2.05) is 0 Å². The molecular weight excluding hydrogens is 246 g/mol. The van der Waals surface area contributed by atoms with Crippen LogP contribution < -0.4 is 5.43 Å². The number of hydrazone groups is 1. The van der Waals surface area contributed by atoms with Gasteiger partial charge in [-0.3, -0.25) is 9.78 Å². The van der Waals surface area contributed by atoms with Gasteiger partial charge in [-0.25, -0.2) is 5.43 Å². The molecule has 0 bridgehead atoms. The van der Waals surface area contributed by atoms with Crippen molar-refractivity contribution in [3.05, 3.63) is 53.9 Å². The van der Waals surface area contributed by atoms with E-state index in [1.54, 1.807) is 18.2 Å². The number of pyridine rings is 1. The Morgan fingerprint density at radius 2 is 2.11 bits per heavy atom. The molecule has 0 aliphatic rings. The number of rotatable bonds is 3. The standard InChI is InChI=1S/C13H11N3O3/c17-10-4-5-12(18)9(7-10)8-15-16-13(19)11-3-1-2-6-14-11/h1-8,17-18H,(H,16,19). The van der Waals surface area contributed by atoms with Gasteiger partial charge in [0, 0.05) is 11.8 Å². The van der Waals surface area contributed by atoms with Crippen LogP contribution in [0.2, 0.25) is 0 Å². The monoisotopic (exact) mass is 257 g/mol. The minimum Gasteiger partial charge on any atom is -0.508 e. The van der Waals surface area contributed by atoms with E-state index in [9.17, 15) is 15.0 Å². The second kappa shape index (κ2) is 5.63. The van der Waals surface area contributed by atoms with Gasteiger partial charge in [-0.1, -0.05) is 6.07 Å². The lowest BCUT2D eigenvalue weighted by Gasteiger charge is -2.00. The van der Waals surface area contributed by atoms with Gasteiger partial charge < -0.3 is 10.2 Å². The molecule has 0 spiro atoms. The minimum atomic E-state index is -0.462. The van der Waals surface area contributed by atoms with Crippen molar-refractivity contribution in [2.24, 2.45) is 5.10 Å². The highest BCUT2D eigenvalue weighted by Crippen LogP contribution is 2.19. The lowest BCUT2D eigenvalue weighted by Crippen LogP contribution is -2.18. The van der Waals surface area contributed by atoms with Crippen molar-refractivity contribution in [1.29, 1.82) is 0 Å². The minimum absolute atomic E-state index is 0.00435. The number of nitrogens with zero attached hydrogens (tertiary/aromatic N) is 2. The molecule has 0 saturated heterocycles. The number of phenolic OH excluding ortho intramolecular Hbond substituents is 2. The molecule has 0 fully saturated rings. The van der Waals surface area contributed by atoms with E-state index in [1.165, 1.54) is 30.6 Å². The van der Waals surface area contributed by atoms with Crippen LogP contribution in [0, 0.1) is 0 Å². The van der Waals surface area contributed by atoms with Crippen LogP contribution in [0.15, 0.2) is 47.7 Å². The highest BCUT2D eigenvalue weighted by Gasteiger charge is 2.04. The van der Waals surface area contributed by atoms with Crippen molar-refractivity contribution in [2.45, 2.75) is 0 Å². The van der Waals surface area contributed by atoms with Crippen molar-refractivity contribution < 1.29 is 15.0 Å². The molecule has 0 atom stereocenters. The van der Waals surface area contributed by atoms with E-state index in [0.717, 1.165) is 0 Å². The Labute approximate surface area is 109 Å². The maximum Gasteiger partial charge on any atom is 0.289 e. The van der Waals surface area contributed by atoms with Crippen LogP contribution in [-0.2, 0) is 0 Å². The van der Waals surface area contributed by atoms with Crippen LogP contribution in [0.5, 0.6) is 11.5 Å². The van der Waals surface area contributed by atoms with Crippen LogP contribution in [-0.4, -0.2) is 27.3 Å². The summed E-state index contributed by atoms with van der Waals surface area (Å²) >= 11 is 0. The molecule has 0 unspecified atom stereocenters. The molecule has 1 heterocycles. The molecule has 6 nitrogen and oxygen atoms in total. The highest BCUT2D eigenvalue weighted by atomic mass is 16.3. The number of hydrogen-bond acceptors (Lipinski definition) is 5. The van der Waals surface area contributed by atoms with Crippen molar-refractivity contribution in [3.8, 4) is 11.5 Å². The quantitative estimate of drug-likeness (QED) is 0.438. The summed E-state index contributed by atoms with van der Waals surface area (Å²) in [6, 6.07) is 8.94. The third-order valence-electron chi connectivity index (χ3n) is 2.28. The van der Waals surface area contributed by atoms with Crippen molar-refractivity contribution >= 4 is 12.1 Å². The van der Waals surface area contributed by atoms with Crippen molar-refractivity contribution in [1.82, 2.24) is 10.4 Å². The maximum atomic E-state index is 11.6. The normalized spacial score (nSPS) is 10.5. The van der Waals surface area contributed by atoms with Crippen molar-refractivity contribution in [2.75, 3.05) is 0 Å². The number of amides is 1. The van der Waals surface area contributed by atoms with Crippen LogP contribution in [0.4, 0.5) is 0 Å².